The number of rotatable bonds is 4. The highest BCUT2D eigenvalue weighted by molar-refractivity contribution is 5.19. The molecule has 5 saturated carbocycles. The smallest absolute Gasteiger partial charge is 0.112 e. The van der Waals surface area contributed by atoms with E-state index in [9.17, 15) is 15.3 Å². The molecule has 3 N–H and O–H groups in total. The summed E-state index contributed by atoms with van der Waals surface area (Å²) >= 11 is 0. The second-order valence-electron chi connectivity index (χ2n) is 17.4. The number of aliphatic hydroxyl groups is 3. The van der Waals surface area contributed by atoms with Gasteiger partial charge >= 0.3 is 0 Å². The molecule has 1 heterocycles. The topological polar surface area (TPSA) is 69.9 Å². The van der Waals surface area contributed by atoms with Crippen molar-refractivity contribution in [1.82, 2.24) is 0 Å². The Morgan fingerprint density at radius 2 is 1.38 bits per heavy atom. The first-order chi connectivity index (χ1) is 18.2. The van der Waals surface area contributed by atoms with E-state index < -0.39 is 24.4 Å². The molecule has 1 aliphatic heterocycles. The van der Waals surface area contributed by atoms with Gasteiger partial charge in [-0.15, -0.1) is 0 Å². The van der Waals surface area contributed by atoms with Gasteiger partial charge in [-0.1, -0.05) is 54.9 Å². The van der Waals surface area contributed by atoms with E-state index in [2.05, 4.69) is 48.5 Å². The second-order valence-corrected chi connectivity index (χ2v) is 17.4. The lowest BCUT2D eigenvalue weighted by Gasteiger charge is -2.73. The van der Waals surface area contributed by atoms with Crippen LogP contribution in [0.5, 0.6) is 0 Å². The van der Waals surface area contributed by atoms with Gasteiger partial charge in [-0.05, 0) is 133 Å². The molecule has 6 rings (SSSR count). The minimum absolute atomic E-state index is 0.124. The summed E-state index contributed by atoms with van der Waals surface area (Å²) in [6, 6.07) is 0. The third-order valence-corrected chi connectivity index (χ3v) is 15.7. The fourth-order valence-electron chi connectivity index (χ4n) is 13.7. The quantitative estimate of drug-likeness (QED) is 0.357. The number of fused-ring (bicyclic) bond motifs is 7. The van der Waals surface area contributed by atoms with E-state index >= 15 is 0 Å². The molecule has 0 radical (unpaired) electrons. The monoisotopic (exact) mass is 544 g/mol. The summed E-state index contributed by atoms with van der Waals surface area (Å²) in [5.74, 6) is 4.32. The lowest BCUT2D eigenvalue weighted by atomic mass is 9.32. The van der Waals surface area contributed by atoms with Crippen LogP contribution < -0.4 is 0 Å². The van der Waals surface area contributed by atoms with Crippen LogP contribution in [0.1, 0.15) is 126 Å². The summed E-state index contributed by atoms with van der Waals surface area (Å²) in [6.45, 7) is 18.5. The Balaban J connectivity index is 1.21. The summed E-state index contributed by atoms with van der Waals surface area (Å²) in [6.07, 6.45) is 12.7. The SMILES string of the molecule is CC(CC(O)C1OC[C@H](O)[C@@H]1O)C1CC[C@@]2(C)C1CC[C@]1(C)C2CCC2[C@@]3(C)CCCC(C)(C)C3CC[C@]21C. The Bertz CT molecular complexity index is 934. The largest absolute Gasteiger partial charge is 0.390 e. The number of ether oxygens (including phenoxy) is 1. The Morgan fingerprint density at radius 1 is 0.744 bits per heavy atom. The van der Waals surface area contributed by atoms with Crippen molar-refractivity contribution in [2.45, 2.75) is 150 Å². The van der Waals surface area contributed by atoms with Crippen molar-refractivity contribution in [2.24, 2.45) is 62.6 Å². The van der Waals surface area contributed by atoms with Crippen molar-refractivity contribution >= 4 is 0 Å². The van der Waals surface area contributed by atoms with Crippen molar-refractivity contribution in [1.29, 1.82) is 0 Å². The zero-order chi connectivity index (χ0) is 28.2. The van der Waals surface area contributed by atoms with E-state index in [1.807, 2.05) is 0 Å². The molecule has 0 aromatic carbocycles. The summed E-state index contributed by atoms with van der Waals surface area (Å²) in [4.78, 5) is 0. The predicted octanol–water partition coefficient (Wildman–Crippen LogP) is 6.99. The van der Waals surface area contributed by atoms with Crippen molar-refractivity contribution in [3.8, 4) is 0 Å². The van der Waals surface area contributed by atoms with E-state index in [1.165, 1.54) is 70.6 Å². The van der Waals surface area contributed by atoms with Gasteiger partial charge in [0.05, 0.1) is 12.7 Å². The second kappa shape index (κ2) is 9.42. The zero-order valence-electron chi connectivity index (χ0n) is 26.2. The van der Waals surface area contributed by atoms with Gasteiger partial charge in [0.1, 0.15) is 18.3 Å². The maximum atomic E-state index is 11.0. The fourth-order valence-corrected chi connectivity index (χ4v) is 13.7. The van der Waals surface area contributed by atoms with Gasteiger partial charge < -0.3 is 20.1 Å². The number of hydrogen-bond donors (Lipinski definition) is 3. The van der Waals surface area contributed by atoms with Crippen molar-refractivity contribution in [3.63, 3.8) is 0 Å². The number of aliphatic hydroxyl groups excluding tert-OH is 3. The lowest BCUT2D eigenvalue weighted by molar-refractivity contribution is -0.241. The third kappa shape index (κ3) is 3.96. The van der Waals surface area contributed by atoms with Crippen molar-refractivity contribution in [3.05, 3.63) is 0 Å². The van der Waals surface area contributed by atoms with Gasteiger partial charge in [0, 0.05) is 0 Å². The molecule has 5 aliphatic carbocycles. The van der Waals surface area contributed by atoms with Crippen LogP contribution in [-0.4, -0.2) is 46.3 Å². The molecule has 0 aromatic heterocycles. The van der Waals surface area contributed by atoms with E-state index in [1.54, 1.807) is 0 Å². The van der Waals surface area contributed by atoms with Crippen molar-refractivity contribution < 1.29 is 20.1 Å². The van der Waals surface area contributed by atoms with Crippen LogP contribution in [0.2, 0.25) is 0 Å². The van der Waals surface area contributed by atoms with E-state index in [0.717, 1.165) is 23.7 Å². The molecule has 4 nitrogen and oxygen atoms in total. The summed E-state index contributed by atoms with van der Waals surface area (Å²) in [7, 11) is 0. The van der Waals surface area contributed by atoms with Crippen LogP contribution >= 0.6 is 0 Å². The number of hydrogen-bond acceptors (Lipinski definition) is 4. The fraction of sp³-hybridized carbons (Fsp3) is 1.00. The first-order valence-electron chi connectivity index (χ1n) is 16.8. The van der Waals surface area contributed by atoms with E-state index in [-0.39, 0.29) is 6.61 Å². The average Bonchev–Trinajstić information content (AvgIpc) is 3.38. The third-order valence-electron chi connectivity index (χ3n) is 15.7. The Labute approximate surface area is 239 Å². The van der Waals surface area contributed by atoms with Crippen LogP contribution in [0, 0.1) is 62.6 Å². The minimum atomic E-state index is -0.973. The first-order valence-corrected chi connectivity index (χ1v) is 16.8. The van der Waals surface area contributed by atoms with Gasteiger partial charge in [-0.3, -0.25) is 0 Å². The Kier molecular flexibility index (Phi) is 6.99. The molecule has 8 unspecified atom stereocenters. The molecule has 39 heavy (non-hydrogen) atoms. The molecule has 0 bridgehead atoms. The maximum absolute atomic E-state index is 11.0. The minimum Gasteiger partial charge on any atom is -0.390 e. The molecular formula is C35H60O4. The molecule has 4 heteroatoms. The zero-order valence-corrected chi connectivity index (χ0v) is 26.2. The van der Waals surface area contributed by atoms with Crippen LogP contribution in [-0.2, 0) is 4.74 Å². The Morgan fingerprint density at radius 3 is 2.03 bits per heavy atom. The van der Waals surface area contributed by atoms with Crippen LogP contribution in [0.3, 0.4) is 0 Å². The maximum Gasteiger partial charge on any atom is 0.112 e. The van der Waals surface area contributed by atoms with Gasteiger partial charge in [0.2, 0.25) is 0 Å². The normalized spacial score (nSPS) is 56.2. The summed E-state index contributed by atoms with van der Waals surface area (Å²) < 4.78 is 5.58. The van der Waals surface area contributed by atoms with Crippen molar-refractivity contribution in [2.75, 3.05) is 6.61 Å². The van der Waals surface area contributed by atoms with E-state index in [4.69, 9.17) is 4.74 Å². The van der Waals surface area contributed by atoms with Gasteiger partial charge in [0.25, 0.3) is 0 Å². The standard InChI is InChI=1S/C35H60O4/c1-21(19-24(36)30-29(38)25(37)20-39-30)22-11-16-32(4)23(22)12-17-34(6)27(32)9-10-28-33(5)15-8-14-31(2,3)26(33)13-18-35(28,34)7/h21-30,36-38H,8-20H2,1-7H3/t21?,22?,23?,24?,25-,26?,27?,28?,29-,30?,32-,33-,34+,35+/m0/s1. The molecule has 0 spiro atoms. The lowest BCUT2D eigenvalue weighted by Crippen LogP contribution is -2.65. The van der Waals surface area contributed by atoms with Crippen LogP contribution in [0.15, 0.2) is 0 Å². The highest BCUT2D eigenvalue weighted by Crippen LogP contribution is 2.78. The molecule has 6 fully saturated rings. The molecule has 0 aromatic rings. The average molecular weight is 545 g/mol. The first kappa shape index (κ1) is 28.9. The molecular weight excluding hydrogens is 484 g/mol. The predicted molar refractivity (Wildman–Crippen MR) is 156 cm³/mol. The molecule has 1 saturated heterocycles. The molecule has 6 aliphatic rings. The van der Waals surface area contributed by atoms with Gasteiger partial charge in [-0.25, -0.2) is 0 Å². The van der Waals surface area contributed by atoms with Gasteiger partial charge in [-0.2, -0.15) is 0 Å². The summed E-state index contributed by atoms with van der Waals surface area (Å²) in [5.41, 5.74) is 2.26. The Hall–Kier alpha value is -0.160. The van der Waals surface area contributed by atoms with Crippen LogP contribution in [0.4, 0.5) is 0 Å². The highest BCUT2D eigenvalue weighted by Gasteiger charge is 2.70. The highest BCUT2D eigenvalue weighted by atomic mass is 16.5. The summed E-state index contributed by atoms with van der Waals surface area (Å²) in [5, 5.41) is 31.2. The molecule has 0 amide bonds. The van der Waals surface area contributed by atoms with Gasteiger partial charge in [0.15, 0.2) is 0 Å². The van der Waals surface area contributed by atoms with Crippen LogP contribution in [0.25, 0.3) is 0 Å². The van der Waals surface area contributed by atoms with E-state index in [0.29, 0.717) is 45.3 Å². The molecule has 224 valence electrons. The molecule has 14 atom stereocenters.